The molecule has 2 rings (SSSR count). The van der Waals surface area contributed by atoms with E-state index in [0.717, 1.165) is 25.8 Å². The summed E-state index contributed by atoms with van der Waals surface area (Å²) in [4.78, 5) is 0. The molecule has 2 fully saturated rings. The van der Waals surface area contributed by atoms with Crippen LogP contribution in [0.25, 0.3) is 0 Å². The average molecular weight is 305 g/mol. The van der Waals surface area contributed by atoms with Gasteiger partial charge in [-0.2, -0.15) is 17.0 Å². The van der Waals surface area contributed by atoms with Crippen molar-refractivity contribution in [2.45, 2.75) is 38.3 Å². The quantitative estimate of drug-likeness (QED) is 0.792. The van der Waals surface area contributed by atoms with Crippen molar-refractivity contribution in [3.05, 3.63) is 0 Å². The molecule has 0 aliphatic carbocycles. The van der Waals surface area contributed by atoms with Crippen molar-refractivity contribution < 1.29 is 13.2 Å². The summed E-state index contributed by atoms with van der Waals surface area (Å²) < 4.78 is 34.0. The molecule has 20 heavy (non-hydrogen) atoms. The molecule has 2 atom stereocenters. The number of ether oxygens (including phenoxy) is 1. The zero-order valence-corrected chi connectivity index (χ0v) is 13.5. The van der Waals surface area contributed by atoms with Crippen LogP contribution in [0.5, 0.6) is 0 Å². The van der Waals surface area contributed by atoms with Gasteiger partial charge in [0.15, 0.2) is 0 Å². The van der Waals surface area contributed by atoms with Crippen molar-refractivity contribution in [2.75, 3.05) is 40.3 Å². The van der Waals surface area contributed by atoms with Crippen molar-refractivity contribution in [1.29, 1.82) is 0 Å². The molecule has 0 aromatic carbocycles. The smallest absolute Gasteiger partial charge is 0.282 e. The topological polar surface area (TPSA) is 61.9 Å². The van der Waals surface area contributed by atoms with Gasteiger partial charge in [0.2, 0.25) is 0 Å². The van der Waals surface area contributed by atoms with Crippen molar-refractivity contribution in [1.82, 2.24) is 13.9 Å². The van der Waals surface area contributed by atoms with Crippen LogP contribution in [-0.4, -0.2) is 69.5 Å². The highest BCUT2D eigenvalue weighted by molar-refractivity contribution is 7.86. The standard InChI is InChI=1S/C13H27N3O3S/c1-11-13(6-9-19-11)15(3)20(17,18)16-7-4-12(5-8-16)10-14-2/h11-14H,4-10H2,1-3H3. The normalized spacial score (nSPS) is 30.2. The van der Waals surface area contributed by atoms with Gasteiger partial charge in [-0.25, -0.2) is 0 Å². The van der Waals surface area contributed by atoms with Crippen LogP contribution < -0.4 is 5.32 Å². The second-order valence-electron chi connectivity index (χ2n) is 5.86. The summed E-state index contributed by atoms with van der Waals surface area (Å²) in [6.45, 7) is 4.82. The third kappa shape index (κ3) is 3.33. The number of likely N-dealkylation sites (N-methyl/N-ethyl adjacent to an activating group) is 1. The molecule has 0 aromatic heterocycles. The van der Waals surface area contributed by atoms with Gasteiger partial charge < -0.3 is 10.1 Å². The lowest BCUT2D eigenvalue weighted by atomic mass is 9.98. The van der Waals surface area contributed by atoms with Gasteiger partial charge in [0.05, 0.1) is 12.1 Å². The Morgan fingerprint density at radius 2 is 1.95 bits per heavy atom. The number of hydrogen-bond donors (Lipinski definition) is 1. The molecule has 0 amide bonds. The predicted octanol–water partition coefficient (Wildman–Crippen LogP) is 0.272. The molecule has 2 heterocycles. The molecule has 2 aliphatic heterocycles. The average Bonchev–Trinajstić information content (AvgIpc) is 2.85. The van der Waals surface area contributed by atoms with Gasteiger partial charge in [-0.3, -0.25) is 0 Å². The van der Waals surface area contributed by atoms with Gasteiger partial charge in [0.25, 0.3) is 10.2 Å². The van der Waals surface area contributed by atoms with E-state index in [1.165, 1.54) is 4.31 Å². The van der Waals surface area contributed by atoms with E-state index in [-0.39, 0.29) is 12.1 Å². The van der Waals surface area contributed by atoms with Gasteiger partial charge in [-0.15, -0.1) is 0 Å². The lowest BCUT2D eigenvalue weighted by Crippen LogP contribution is -2.51. The largest absolute Gasteiger partial charge is 0.377 e. The van der Waals surface area contributed by atoms with Crippen LogP contribution in [-0.2, 0) is 14.9 Å². The minimum atomic E-state index is -3.35. The van der Waals surface area contributed by atoms with Crippen LogP contribution in [0.15, 0.2) is 0 Å². The van der Waals surface area contributed by atoms with Gasteiger partial charge in [-0.1, -0.05) is 0 Å². The summed E-state index contributed by atoms with van der Waals surface area (Å²) in [5.74, 6) is 0.588. The maximum atomic E-state index is 12.7. The third-order valence-corrected chi connectivity index (χ3v) is 6.58. The van der Waals surface area contributed by atoms with E-state index in [2.05, 4.69) is 5.32 Å². The summed E-state index contributed by atoms with van der Waals surface area (Å²) in [6, 6.07) is -0.0324. The molecular formula is C13H27N3O3S. The second kappa shape index (κ2) is 6.70. The summed E-state index contributed by atoms with van der Waals surface area (Å²) >= 11 is 0. The highest BCUT2D eigenvalue weighted by Gasteiger charge is 2.38. The summed E-state index contributed by atoms with van der Waals surface area (Å²) in [7, 11) is 0.278. The lowest BCUT2D eigenvalue weighted by Gasteiger charge is -2.36. The van der Waals surface area contributed by atoms with Crippen molar-refractivity contribution >= 4 is 10.2 Å². The Morgan fingerprint density at radius 1 is 1.30 bits per heavy atom. The molecular weight excluding hydrogens is 278 g/mol. The highest BCUT2D eigenvalue weighted by Crippen LogP contribution is 2.25. The molecule has 7 heteroatoms. The zero-order valence-electron chi connectivity index (χ0n) is 12.7. The van der Waals surface area contributed by atoms with Gasteiger partial charge in [0.1, 0.15) is 0 Å². The van der Waals surface area contributed by atoms with E-state index in [4.69, 9.17) is 4.74 Å². The first kappa shape index (κ1) is 16.2. The van der Waals surface area contributed by atoms with Gasteiger partial charge >= 0.3 is 0 Å². The van der Waals surface area contributed by atoms with Crippen molar-refractivity contribution in [3.63, 3.8) is 0 Å². The molecule has 0 saturated carbocycles. The van der Waals surface area contributed by atoms with Crippen LogP contribution in [0, 0.1) is 5.92 Å². The second-order valence-corrected chi connectivity index (χ2v) is 7.84. The van der Waals surface area contributed by atoms with E-state index in [9.17, 15) is 8.42 Å². The first-order chi connectivity index (χ1) is 9.46. The maximum Gasteiger partial charge on any atom is 0.282 e. The Kier molecular flexibility index (Phi) is 5.42. The maximum absolute atomic E-state index is 12.7. The molecule has 2 unspecified atom stereocenters. The molecule has 0 bridgehead atoms. The zero-order chi connectivity index (χ0) is 14.8. The fourth-order valence-corrected chi connectivity index (χ4v) is 4.84. The Hall–Kier alpha value is -0.210. The van der Waals surface area contributed by atoms with E-state index in [1.807, 2.05) is 14.0 Å². The van der Waals surface area contributed by atoms with Crippen molar-refractivity contribution in [3.8, 4) is 0 Å². The number of nitrogens with zero attached hydrogens (tertiary/aromatic N) is 2. The van der Waals surface area contributed by atoms with E-state index in [0.29, 0.717) is 25.6 Å². The first-order valence-electron chi connectivity index (χ1n) is 7.46. The van der Waals surface area contributed by atoms with Crippen LogP contribution in [0.1, 0.15) is 26.2 Å². The van der Waals surface area contributed by atoms with E-state index < -0.39 is 10.2 Å². The highest BCUT2D eigenvalue weighted by atomic mass is 32.2. The number of hydrogen-bond acceptors (Lipinski definition) is 4. The van der Waals surface area contributed by atoms with E-state index >= 15 is 0 Å². The van der Waals surface area contributed by atoms with Gasteiger partial charge in [-0.05, 0) is 45.7 Å². The van der Waals surface area contributed by atoms with Crippen LogP contribution in [0.3, 0.4) is 0 Å². The van der Waals surface area contributed by atoms with Crippen LogP contribution in [0.2, 0.25) is 0 Å². The minimum absolute atomic E-state index is 0.0170. The third-order valence-electron chi connectivity index (χ3n) is 4.56. The Bertz CT molecular complexity index is 407. The molecule has 6 nitrogen and oxygen atoms in total. The van der Waals surface area contributed by atoms with Crippen molar-refractivity contribution in [2.24, 2.45) is 5.92 Å². The molecule has 0 spiro atoms. The molecule has 0 aromatic rings. The Balaban J connectivity index is 1.97. The monoisotopic (exact) mass is 305 g/mol. The number of piperidine rings is 1. The summed E-state index contributed by atoms with van der Waals surface area (Å²) in [5, 5.41) is 3.17. The predicted molar refractivity (Wildman–Crippen MR) is 78.7 cm³/mol. The minimum Gasteiger partial charge on any atom is -0.377 e. The molecule has 0 radical (unpaired) electrons. The molecule has 118 valence electrons. The molecule has 1 N–H and O–H groups in total. The number of nitrogens with one attached hydrogen (secondary N) is 1. The number of rotatable bonds is 5. The first-order valence-corrected chi connectivity index (χ1v) is 8.85. The Morgan fingerprint density at radius 3 is 2.45 bits per heavy atom. The fourth-order valence-electron chi connectivity index (χ4n) is 3.18. The van der Waals surface area contributed by atoms with Crippen LogP contribution in [0.4, 0.5) is 0 Å². The molecule has 2 aliphatic rings. The van der Waals surface area contributed by atoms with Gasteiger partial charge in [0, 0.05) is 26.7 Å². The fraction of sp³-hybridized carbons (Fsp3) is 1.00. The summed E-state index contributed by atoms with van der Waals surface area (Å²) in [5.41, 5.74) is 0. The molecule has 2 saturated heterocycles. The Labute approximate surface area is 122 Å². The van der Waals surface area contributed by atoms with E-state index in [1.54, 1.807) is 11.4 Å². The SMILES string of the molecule is CNCC1CCN(S(=O)(=O)N(C)C2CCOC2C)CC1. The summed E-state index contributed by atoms with van der Waals surface area (Å²) in [6.07, 6.45) is 2.64. The lowest BCUT2D eigenvalue weighted by molar-refractivity contribution is 0.0999. The van der Waals surface area contributed by atoms with Crippen LogP contribution >= 0.6 is 0 Å².